The van der Waals surface area contributed by atoms with Gasteiger partial charge in [-0.15, -0.1) is 0 Å². The first-order valence-corrected chi connectivity index (χ1v) is 5.84. The molecule has 4 atom stereocenters. The highest BCUT2D eigenvalue weighted by Gasteiger charge is 2.43. The van der Waals surface area contributed by atoms with Gasteiger partial charge in [0.1, 0.15) is 24.0 Å². The summed E-state index contributed by atoms with van der Waals surface area (Å²) in [5.41, 5.74) is -1.36. The smallest absolute Gasteiger partial charge is 0.327 e. The maximum atomic E-state index is 11.6. The lowest BCUT2D eigenvalue weighted by molar-refractivity contribution is -0.0511. The molecule has 0 saturated carbocycles. The normalized spacial score (nSPS) is 27.4. The van der Waals surface area contributed by atoms with Crippen molar-refractivity contribution in [3.8, 4) is 0 Å². The van der Waals surface area contributed by atoms with E-state index in [0.29, 0.717) is 0 Å². The van der Waals surface area contributed by atoms with Gasteiger partial charge in [-0.25, -0.2) is 9.78 Å². The van der Waals surface area contributed by atoms with Crippen LogP contribution in [0.15, 0.2) is 15.9 Å². The van der Waals surface area contributed by atoms with Crippen LogP contribution < -0.4 is 11.2 Å². The van der Waals surface area contributed by atoms with Gasteiger partial charge in [0.15, 0.2) is 11.7 Å². The Morgan fingerprint density at radius 2 is 1.91 bits per heavy atom. The number of H-pyrrole nitrogens is 2. The fourth-order valence-electron chi connectivity index (χ4n) is 2.25. The summed E-state index contributed by atoms with van der Waals surface area (Å²) in [6, 6.07) is 0. The van der Waals surface area contributed by atoms with Crippen LogP contribution in [-0.2, 0) is 4.74 Å². The summed E-state index contributed by atoms with van der Waals surface area (Å²) in [6.45, 7) is -0.474. The number of hydrogen-bond acceptors (Lipinski definition) is 7. The molecule has 2 aromatic heterocycles. The van der Waals surface area contributed by atoms with Crippen LogP contribution in [0.5, 0.6) is 0 Å². The van der Waals surface area contributed by atoms with Gasteiger partial charge in [0, 0.05) is 0 Å². The van der Waals surface area contributed by atoms with E-state index >= 15 is 0 Å². The van der Waals surface area contributed by atoms with Gasteiger partial charge in [0.05, 0.1) is 12.9 Å². The van der Waals surface area contributed by atoms with Gasteiger partial charge >= 0.3 is 5.69 Å². The minimum atomic E-state index is -1.33. The standard InChI is InChI=1S/C10H12N4O6.2H2O/c15-1-3-5(16)6(17)9(20-3)14-2-11-4-7(14)12-10(19)13-8(4)18;;/h2-3,5-6,9,15-17H,1H2,(H2,12,13,18,19);2*1H2. The van der Waals surface area contributed by atoms with Gasteiger partial charge in [-0.3, -0.25) is 19.3 Å². The quantitative estimate of drug-likeness (QED) is 0.364. The van der Waals surface area contributed by atoms with Crippen molar-refractivity contribution in [2.45, 2.75) is 24.5 Å². The molecule has 0 spiro atoms. The van der Waals surface area contributed by atoms with Crippen LogP contribution in [-0.4, -0.2) is 70.7 Å². The maximum Gasteiger partial charge on any atom is 0.327 e. The minimum Gasteiger partial charge on any atom is -0.412 e. The largest absolute Gasteiger partial charge is 0.412 e. The molecule has 0 aromatic carbocycles. The molecule has 1 fully saturated rings. The molecule has 0 amide bonds. The summed E-state index contributed by atoms with van der Waals surface area (Å²) in [4.78, 5) is 31.1. The molecule has 124 valence electrons. The van der Waals surface area contributed by atoms with Crippen molar-refractivity contribution < 1.29 is 31.0 Å². The van der Waals surface area contributed by atoms with Crippen LogP contribution in [0.3, 0.4) is 0 Å². The highest BCUT2D eigenvalue weighted by molar-refractivity contribution is 5.68. The number of imidazole rings is 1. The summed E-state index contributed by atoms with van der Waals surface area (Å²) in [6.07, 6.45) is -3.43. The van der Waals surface area contributed by atoms with E-state index in [2.05, 4.69) is 9.97 Å². The fraction of sp³-hybridized carbons (Fsp3) is 0.500. The lowest BCUT2D eigenvalue weighted by atomic mass is 10.1. The molecule has 4 unspecified atom stereocenters. The van der Waals surface area contributed by atoms with Crippen molar-refractivity contribution >= 4 is 11.2 Å². The molecule has 12 heteroatoms. The first-order valence-electron chi connectivity index (χ1n) is 5.84. The van der Waals surface area contributed by atoms with E-state index in [1.165, 1.54) is 10.9 Å². The second-order valence-electron chi connectivity index (χ2n) is 4.49. The van der Waals surface area contributed by atoms with Gasteiger partial charge < -0.3 is 31.0 Å². The van der Waals surface area contributed by atoms with Crippen molar-refractivity contribution in [2.24, 2.45) is 0 Å². The molecular formula is C10H16N4O8. The van der Waals surface area contributed by atoms with Crippen LogP contribution in [0.1, 0.15) is 6.23 Å². The second-order valence-corrected chi connectivity index (χ2v) is 4.49. The third kappa shape index (κ3) is 2.54. The van der Waals surface area contributed by atoms with Crippen LogP contribution in [0.25, 0.3) is 11.2 Å². The Bertz CT molecular complexity index is 751. The molecular weight excluding hydrogens is 304 g/mol. The van der Waals surface area contributed by atoms with Gasteiger partial charge in [0.2, 0.25) is 0 Å². The third-order valence-electron chi connectivity index (χ3n) is 3.26. The van der Waals surface area contributed by atoms with Gasteiger partial charge in [-0.2, -0.15) is 0 Å². The lowest BCUT2D eigenvalue weighted by Gasteiger charge is -2.16. The average molecular weight is 320 g/mol. The number of hydrogen-bond donors (Lipinski definition) is 5. The zero-order chi connectivity index (χ0) is 14.4. The number of aliphatic hydroxyl groups excluding tert-OH is 3. The second kappa shape index (κ2) is 6.35. The van der Waals surface area contributed by atoms with E-state index < -0.39 is 42.4 Å². The Hall–Kier alpha value is -2.09. The number of nitrogens with one attached hydrogen (secondary N) is 2. The molecule has 12 nitrogen and oxygen atoms in total. The Balaban J connectivity index is 0.00000121. The first-order chi connectivity index (χ1) is 9.52. The van der Waals surface area contributed by atoms with Crippen molar-refractivity contribution in [1.82, 2.24) is 19.5 Å². The third-order valence-corrected chi connectivity index (χ3v) is 3.26. The Morgan fingerprint density at radius 3 is 2.50 bits per heavy atom. The average Bonchev–Trinajstić information content (AvgIpc) is 2.93. The lowest BCUT2D eigenvalue weighted by Crippen LogP contribution is -2.33. The SMILES string of the molecule is O.O.O=c1[nH]c(=O)c2ncn(C3OC(CO)C(O)C3O)c2[nH]1. The molecule has 22 heavy (non-hydrogen) atoms. The molecule has 0 aliphatic carbocycles. The molecule has 1 aliphatic heterocycles. The number of ether oxygens (including phenoxy) is 1. The summed E-state index contributed by atoms with van der Waals surface area (Å²) in [5.74, 6) is 0. The zero-order valence-electron chi connectivity index (χ0n) is 11.1. The minimum absolute atomic E-state index is 0. The van der Waals surface area contributed by atoms with Crippen molar-refractivity contribution in [3.05, 3.63) is 27.2 Å². The maximum absolute atomic E-state index is 11.6. The van der Waals surface area contributed by atoms with Gasteiger partial charge in [0.25, 0.3) is 5.56 Å². The van der Waals surface area contributed by atoms with Crippen LogP contribution in [0.2, 0.25) is 0 Å². The molecule has 3 heterocycles. The Kier molecular flexibility index (Phi) is 5.18. The number of aromatic nitrogens is 4. The van der Waals surface area contributed by atoms with Crippen LogP contribution in [0.4, 0.5) is 0 Å². The van der Waals surface area contributed by atoms with Gasteiger partial charge in [-0.05, 0) is 0 Å². The summed E-state index contributed by atoms with van der Waals surface area (Å²) in [7, 11) is 0. The molecule has 9 N–H and O–H groups in total. The summed E-state index contributed by atoms with van der Waals surface area (Å²) >= 11 is 0. The fourth-order valence-corrected chi connectivity index (χ4v) is 2.25. The predicted molar refractivity (Wildman–Crippen MR) is 71.2 cm³/mol. The van der Waals surface area contributed by atoms with Gasteiger partial charge in [-0.1, -0.05) is 0 Å². The van der Waals surface area contributed by atoms with Crippen LogP contribution in [0, 0.1) is 0 Å². The topological polar surface area (TPSA) is 216 Å². The van der Waals surface area contributed by atoms with Crippen LogP contribution >= 0.6 is 0 Å². The molecule has 1 aliphatic rings. The summed E-state index contributed by atoms with van der Waals surface area (Å²) < 4.78 is 6.54. The number of fused-ring (bicyclic) bond motifs is 1. The first kappa shape index (κ1) is 18.0. The zero-order valence-corrected chi connectivity index (χ0v) is 11.1. The van der Waals surface area contributed by atoms with Crippen molar-refractivity contribution in [3.63, 3.8) is 0 Å². The van der Waals surface area contributed by atoms with E-state index in [1.807, 2.05) is 4.98 Å². The monoisotopic (exact) mass is 320 g/mol. The summed E-state index contributed by atoms with van der Waals surface area (Å²) in [5, 5.41) is 28.7. The van der Waals surface area contributed by atoms with E-state index in [9.17, 15) is 19.8 Å². The van der Waals surface area contributed by atoms with E-state index in [0.717, 1.165) is 0 Å². The van der Waals surface area contributed by atoms with E-state index in [1.54, 1.807) is 0 Å². The molecule has 2 aromatic rings. The van der Waals surface area contributed by atoms with E-state index in [-0.39, 0.29) is 22.1 Å². The number of nitrogens with zero attached hydrogens (tertiary/aromatic N) is 2. The van der Waals surface area contributed by atoms with Crippen molar-refractivity contribution in [2.75, 3.05) is 6.61 Å². The molecule has 3 rings (SSSR count). The Labute approximate surface area is 121 Å². The number of rotatable bonds is 2. The molecule has 0 radical (unpaired) electrons. The molecule has 1 saturated heterocycles. The molecule has 0 bridgehead atoms. The van der Waals surface area contributed by atoms with E-state index in [4.69, 9.17) is 9.84 Å². The number of aromatic amines is 2. The highest BCUT2D eigenvalue weighted by atomic mass is 16.6. The van der Waals surface area contributed by atoms with Crippen molar-refractivity contribution in [1.29, 1.82) is 0 Å². The Morgan fingerprint density at radius 1 is 1.23 bits per heavy atom. The number of aliphatic hydroxyl groups is 3. The highest BCUT2D eigenvalue weighted by Crippen LogP contribution is 2.30. The predicted octanol–water partition coefficient (Wildman–Crippen LogP) is -4.62.